The minimum atomic E-state index is -0.0140. The lowest BCUT2D eigenvalue weighted by molar-refractivity contribution is -0.155. The molecule has 0 saturated heterocycles. The Hall–Kier alpha value is -1.06. The predicted octanol–water partition coefficient (Wildman–Crippen LogP) is 11.0. The molecule has 4 nitrogen and oxygen atoms in total. The van der Waals surface area contributed by atoms with Crippen LogP contribution in [-0.4, -0.2) is 25.2 Å². The zero-order chi connectivity index (χ0) is 30.2. The zero-order valence-electron chi connectivity index (χ0n) is 28.2. The van der Waals surface area contributed by atoms with E-state index in [4.69, 9.17) is 9.47 Å². The van der Waals surface area contributed by atoms with Gasteiger partial charge in [-0.15, -0.1) is 0 Å². The molecule has 4 unspecified atom stereocenters. The van der Waals surface area contributed by atoms with Crippen molar-refractivity contribution in [2.75, 3.05) is 13.2 Å². The highest BCUT2D eigenvalue weighted by atomic mass is 16.5. The van der Waals surface area contributed by atoms with E-state index in [-0.39, 0.29) is 17.9 Å². The van der Waals surface area contributed by atoms with Crippen molar-refractivity contribution in [1.82, 2.24) is 0 Å². The number of esters is 2. The third kappa shape index (κ3) is 19.1. The molecule has 0 saturated carbocycles. The second kappa shape index (κ2) is 25.6. The van der Waals surface area contributed by atoms with Crippen molar-refractivity contribution in [2.45, 2.75) is 171 Å². The zero-order valence-corrected chi connectivity index (χ0v) is 28.2. The maximum atomic E-state index is 13.2. The van der Waals surface area contributed by atoms with Crippen molar-refractivity contribution in [2.24, 2.45) is 35.5 Å². The standard InChI is InChI=1S/C36H70O4/c1-9-13-23-31(11-3)27-39-34(37)26-22-20-18-16-15-17-19-21-25-33(29(5)6)35(30(7)8)36(38)40-28-32(12-4)24-14-10-2/h29-33,35H,9-28H2,1-8H3. The van der Waals surface area contributed by atoms with Gasteiger partial charge in [0.15, 0.2) is 0 Å². The van der Waals surface area contributed by atoms with E-state index >= 15 is 0 Å². The van der Waals surface area contributed by atoms with Crippen LogP contribution in [0.25, 0.3) is 0 Å². The Morgan fingerprint density at radius 2 is 1.02 bits per heavy atom. The molecular weight excluding hydrogens is 496 g/mol. The second-order valence-corrected chi connectivity index (χ2v) is 13.2. The van der Waals surface area contributed by atoms with Gasteiger partial charge in [0.2, 0.25) is 0 Å². The molecule has 0 radical (unpaired) electrons. The van der Waals surface area contributed by atoms with Crippen LogP contribution in [0.15, 0.2) is 0 Å². The number of hydrogen-bond acceptors (Lipinski definition) is 4. The molecule has 238 valence electrons. The van der Waals surface area contributed by atoms with Gasteiger partial charge >= 0.3 is 11.9 Å². The normalized spacial score (nSPS) is 14.8. The van der Waals surface area contributed by atoms with Crippen molar-refractivity contribution in [3.8, 4) is 0 Å². The Morgan fingerprint density at radius 1 is 0.550 bits per heavy atom. The highest BCUT2D eigenvalue weighted by Gasteiger charge is 2.34. The summed E-state index contributed by atoms with van der Waals surface area (Å²) < 4.78 is 11.4. The van der Waals surface area contributed by atoms with Crippen LogP contribution < -0.4 is 0 Å². The van der Waals surface area contributed by atoms with Gasteiger partial charge in [-0.25, -0.2) is 0 Å². The number of carbonyl (C=O) groups excluding carboxylic acids is 2. The molecule has 0 aliphatic heterocycles. The molecule has 0 amide bonds. The van der Waals surface area contributed by atoms with E-state index in [0.717, 1.165) is 38.5 Å². The minimum Gasteiger partial charge on any atom is -0.465 e. The van der Waals surface area contributed by atoms with Crippen molar-refractivity contribution in [3.63, 3.8) is 0 Å². The molecule has 0 fully saturated rings. The summed E-state index contributed by atoms with van der Waals surface area (Å²) in [6.07, 6.45) is 20.5. The fourth-order valence-electron chi connectivity index (χ4n) is 5.95. The van der Waals surface area contributed by atoms with Gasteiger partial charge in [0.1, 0.15) is 0 Å². The van der Waals surface area contributed by atoms with Crippen molar-refractivity contribution < 1.29 is 19.1 Å². The number of ether oxygens (including phenoxy) is 2. The first-order valence-corrected chi connectivity index (χ1v) is 17.5. The van der Waals surface area contributed by atoms with Crippen LogP contribution in [0.5, 0.6) is 0 Å². The first kappa shape index (κ1) is 38.9. The Labute approximate surface area is 250 Å². The molecule has 0 N–H and O–H groups in total. The summed E-state index contributed by atoms with van der Waals surface area (Å²) in [5.74, 6) is 2.23. The van der Waals surface area contributed by atoms with E-state index in [9.17, 15) is 9.59 Å². The highest BCUT2D eigenvalue weighted by Crippen LogP contribution is 2.33. The van der Waals surface area contributed by atoms with Gasteiger partial charge in [0.25, 0.3) is 0 Å². The average Bonchev–Trinajstić information content (AvgIpc) is 2.93. The lowest BCUT2D eigenvalue weighted by atomic mass is 9.74. The molecule has 0 aromatic rings. The highest BCUT2D eigenvalue weighted by molar-refractivity contribution is 5.73. The summed E-state index contributed by atoms with van der Waals surface area (Å²) in [5, 5.41) is 0. The Kier molecular flexibility index (Phi) is 25.0. The van der Waals surface area contributed by atoms with Gasteiger partial charge < -0.3 is 9.47 Å². The van der Waals surface area contributed by atoms with Gasteiger partial charge in [0, 0.05) is 6.42 Å². The largest absolute Gasteiger partial charge is 0.465 e. The SMILES string of the molecule is CCCCC(CC)COC(=O)CCCCCCCCCCC(C(C)C)C(C(=O)OCC(CC)CCCC)C(C)C. The van der Waals surface area contributed by atoms with Gasteiger partial charge in [-0.1, -0.05) is 139 Å². The summed E-state index contributed by atoms with van der Waals surface area (Å²) in [7, 11) is 0. The maximum absolute atomic E-state index is 13.2. The third-order valence-electron chi connectivity index (χ3n) is 9.00. The molecule has 4 atom stereocenters. The Morgan fingerprint density at radius 3 is 1.48 bits per heavy atom. The smallest absolute Gasteiger partial charge is 0.309 e. The molecule has 0 bridgehead atoms. The molecule has 0 aliphatic rings. The van der Waals surface area contributed by atoms with Crippen LogP contribution in [0.2, 0.25) is 0 Å². The number of rotatable bonds is 27. The van der Waals surface area contributed by atoms with E-state index in [1.54, 1.807) is 0 Å². The van der Waals surface area contributed by atoms with Crippen LogP contribution >= 0.6 is 0 Å². The van der Waals surface area contributed by atoms with Crippen LogP contribution in [-0.2, 0) is 19.1 Å². The van der Waals surface area contributed by atoms with Crippen LogP contribution in [0.4, 0.5) is 0 Å². The summed E-state index contributed by atoms with van der Waals surface area (Å²) in [5.41, 5.74) is 0. The number of unbranched alkanes of at least 4 members (excludes halogenated alkanes) is 9. The van der Waals surface area contributed by atoms with Crippen LogP contribution in [0, 0.1) is 35.5 Å². The molecule has 40 heavy (non-hydrogen) atoms. The van der Waals surface area contributed by atoms with Crippen LogP contribution in [0.1, 0.15) is 171 Å². The number of carbonyl (C=O) groups is 2. The maximum Gasteiger partial charge on any atom is 0.309 e. The molecule has 0 spiro atoms. The molecule has 0 heterocycles. The van der Waals surface area contributed by atoms with Crippen molar-refractivity contribution >= 4 is 11.9 Å². The summed E-state index contributed by atoms with van der Waals surface area (Å²) in [6, 6.07) is 0. The van der Waals surface area contributed by atoms with Crippen molar-refractivity contribution in [3.05, 3.63) is 0 Å². The monoisotopic (exact) mass is 567 g/mol. The molecule has 0 aliphatic carbocycles. The molecule has 0 aromatic carbocycles. The van der Waals surface area contributed by atoms with E-state index in [0.29, 0.717) is 49.2 Å². The minimum absolute atomic E-state index is 0.000398. The van der Waals surface area contributed by atoms with Gasteiger partial charge in [-0.05, 0) is 55.3 Å². The molecule has 4 heteroatoms. The quantitative estimate of drug-likeness (QED) is 0.0733. The van der Waals surface area contributed by atoms with Crippen molar-refractivity contribution in [1.29, 1.82) is 0 Å². The summed E-state index contributed by atoms with van der Waals surface area (Å²) in [6.45, 7) is 18.9. The van der Waals surface area contributed by atoms with E-state index < -0.39 is 0 Å². The van der Waals surface area contributed by atoms with Gasteiger partial charge in [-0.3, -0.25) is 9.59 Å². The lowest BCUT2D eigenvalue weighted by Crippen LogP contribution is -2.34. The summed E-state index contributed by atoms with van der Waals surface area (Å²) in [4.78, 5) is 25.2. The van der Waals surface area contributed by atoms with Crippen LogP contribution in [0.3, 0.4) is 0 Å². The number of hydrogen-bond donors (Lipinski definition) is 0. The Balaban J connectivity index is 4.20. The topological polar surface area (TPSA) is 52.6 Å². The summed E-state index contributed by atoms with van der Waals surface area (Å²) >= 11 is 0. The van der Waals surface area contributed by atoms with Gasteiger partial charge in [-0.2, -0.15) is 0 Å². The first-order valence-electron chi connectivity index (χ1n) is 17.5. The molecule has 0 rings (SSSR count). The lowest BCUT2D eigenvalue weighted by Gasteiger charge is -2.32. The molecule has 0 aromatic heterocycles. The molecular formula is C36H70O4. The van der Waals surface area contributed by atoms with E-state index in [1.807, 2.05) is 0 Å². The van der Waals surface area contributed by atoms with E-state index in [1.165, 1.54) is 70.6 Å². The average molecular weight is 567 g/mol. The van der Waals surface area contributed by atoms with E-state index in [2.05, 4.69) is 55.4 Å². The fraction of sp³-hybridized carbons (Fsp3) is 0.944. The first-order chi connectivity index (χ1) is 19.2. The predicted molar refractivity (Wildman–Crippen MR) is 171 cm³/mol. The third-order valence-corrected chi connectivity index (χ3v) is 9.00. The fourth-order valence-corrected chi connectivity index (χ4v) is 5.95. The Bertz CT molecular complexity index is 600. The van der Waals surface area contributed by atoms with Gasteiger partial charge in [0.05, 0.1) is 19.1 Å². The second-order valence-electron chi connectivity index (χ2n) is 13.2.